The van der Waals surface area contributed by atoms with Gasteiger partial charge in [-0.3, -0.25) is 0 Å². The lowest BCUT2D eigenvalue weighted by Crippen LogP contribution is -2.22. The largest absolute Gasteiger partial charge is 0.429 e. The van der Waals surface area contributed by atoms with Gasteiger partial charge in [0.25, 0.3) is 0 Å². The second kappa shape index (κ2) is 9.29. The van der Waals surface area contributed by atoms with Crippen LogP contribution < -0.4 is 4.74 Å². The topological polar surface area (TPSA) is 9.23 Å². The predicted octanol–water partition coefficient (Wildman–Crippen LogP) is 9.91. The lowest BCUT2D eigenvalue weighted by molar-refractivity contribution is -0.185. The van der Waals surface area contributed by atoms with E-state index in [1.54, 1.807) is 0 Å². The molecule has 0 bridgehead atoms. The molecule has 200 valence electrons. The van der Waals surface area contributed by atoms with Crippen LogP contribution in [0.3, 0.4) is 0 Å². The van der Waals surface area contributed by atoms with Crippen LogP contribution in [-0.4, -0.2) is 0 Å². The molecule has 0 amide bonds. The Morgan fingerprint density at radius 3 is 1.74 bits per heavy atom. The zero-order valence-electron chi connectivity index (χ0n) is 20.7. The predicted molar refractivity (Wildman–Crippen MR) is 129 cm³/mol. The molecule has 9 heteroatoms. The molecule has 0 unspecified atom stereocenters. The highest BCUT2D eigenvalue weighted by Gasteiger charge is 2.41. The maximum Gasteiger partial charge on any atom is 0.426 e. The second-order valence-corrected chi connectivity index (χ2v) is 9.27. The van der Waals surface area contributed by atoms with Crippen LogP contribution >= 0.6 is 0 Å². The van der Waals surface area contributed by atoms with E-state index in [4.69, 9.17) is 4.74 Å². The van der Waals surface area contributed by atoms with Gasteiger partial charge < -0.3 is 4.74 Å². The fourth-order valence-electron chi connectivity index (χ4n) is 4.88. The lowest BCUT2D eigenvalue weighted by atomic mass is 9.93. The number of hydrogen-bond acceptors (Lipinski definition) is 1. The van der Waals surface area contributed by atoms with E-state index in [1.807, 2.05) is 32.9 Å². The van der Waals surface area contributed by atoms with Gasteiger partial charge in [0, 0.05) is 0 Å². The first kappa shape index (κ1) is 27.4. The first-order valence-corrected chi connectivity index (χ1v) is 11.5. The Morgan fingerprint density at radius 1 is 0.632 bits per heavy atom. The summed E-state index contributed by atoms with van der Waals surface area (Å²) in [5.41, 5.74) is 0.126. The van der Waals surface area contributed by atoms with Crippen LogP contribution in [0.4, 0.5) is 35.1 Å². The van der Waals surface area contributed by atoms with E-state index in [2.05, 4.69) is 0 Å². The molecule has 0 saturated heterocycles. The quantitative estimate of drug-likeness (QED) is 0.235. The summed E-state index contributed by atoms with van der Waals surface area (Å²) < 4.78 is 116. The zero-order valence-corrected chi connectivity index (χ0v) is 20.7. The van der Waals surface area contributed by atoms with Crippen molar-refractivity contribution in [1.29, 1.82) is 0 Å². The summed E-state index contributed by atoms with van der Waals surface area (Å²) in [6.07, 6.45) is -14.1. The van der Waals surface area contributed by atoms with Gasteiger partial charge in [-0.1, -0.05) is 35.9 Å². The van der Waals surface area contributed by atoms with Crippen molar-refractivity contribution < 1.29 is 39.9 Å². The molecule has 4 aromatic rings. The molecule has 0 saturated carbocycles. The first-order chi connectivity index (χ1) is 17.5. The van der Waals surface area contributed by atoms with Gasteiger partial charge in [-0.15, -0.1) is 0 Å². The van der Waals surface area contributed by atoms with Crippen molar-refractivity contribution >= 4 is 10.8 Å². The van der Waals surface area contributed by atoms with Crippen LogP contribution in [0.25, 0.3) is 21.9 Å². The third-order valence-corrected chi connectivity index (χ3v) is 6.39. The number of benzene rings is 4. The summed E-state index contributed by atoms with van der Waals surface area (Å²) in [7, 11) is 0. The van der Waals surface area contributed by atoms with E-state index in [9.17, 15) is 26.3 Å². The highest BCUT2D eigenvalue weighted by Crippen LogP contribution is 2.44. The average Bonchev–Trinajstić information content (AvgIpc) is 2.76. The van der Waals surface area contributed by atoms with Gasteiger partial charge >= 0.3 is 18.5 Å². The van der Waals surface area contributed by atoms with Crippen LogP contribution in [0, 0.1) is 27.7 Å². The van der Waals surface area contributed by atoms with E-state index in [0.717, 1.165) is 47.4 Å². The van der Waals surface area contributed by atoms with Gasteiger partial charge in [0.05, 0.1) is 16.7 Å². The Bertz CT molecular complexity index is 1490. The highest BCUT2D eigenvalue weighted by molar-refractivity contribution is 5.89. The van der Waals surface area contributed by atoms with E-state index >= 15 is 8.78 Å². The van der Waals surface area contributed by atoms with Crippen LogP contribution in [0.15, 0.2) is 60.7 Å². The van der Waals surface area contributed by atoms with E-state index in [-0.39, 0.29) is 0 Å². The van der Waals surface area contributed by atoms with Crippen molar-refractivity contribution in [3.63, 3.8) is 0 Å². The number of halogens is 8. The number of fused-ring (bicyclic) bond motifs is 1. The van der Waals surface area contributed by atoms with Gasteiger partial charge in [-0.2, -0.15) is 35.1 Å². The molecule has 0 aliphatic heterocycles. The molecule has 0 aromatic heterocycles. The maximum absolute atomic E-state index is 15.0. The van der Waals surface area contributed by atoms with Crippen molar-refractivity contribution in [2.24, 2.45) is 0 Å². The Morgan fingerprint density at radius 2 is 1.21 bits per heavy atom. The Balaban J connectivity index is 1.71. The lowest BCUT2D eigenvalue weighted by Gasteiger charge is -2.21. The average molecular weight is 538 g/mol. The summed E-state index contributed by atoms with van der Waals surface area (Å²) in [6, 6.07) is 12.3. The molecule has 0 fully saturated rings. The molecular formula is C29H22F8O. The number of hydrogen-bond donors (Lipinski definition) is 0. The molecule has 0 aliphatic carbocycles. The molecule has 0 aliphatic rings. The molecule has 0 N–H and O–H groups in total. The fourth-order valence-corrected chi connectivity index (χ4v) is 4.88. The third kappa shape index (κ3) is 5.19. The standard InChI is InChI=1S/C29H22F8O/c1-15-11-16(2)25(17(3)12-15)19-5-7-21(8-6-19)29(36,37)38-22-9-10-23-20(13-22)14-24(27(30,31)32)18(4)26(23)28(33,34)35/h5-14H,1-4H3. The van der Waals surface area contributed by atoms with Gasteiger partial charge in [-0.25, -0.2) is 0 Å². The third-order valence-electron chi connectivity index (χ3n) is 6.39. The zero-order chi connectivity index (χ0) is 28.2. The Labute approximate surface area is 213 Å². The van der Waals surface area contributed by atoms with Crippen molar-refractivity contribution in [2.75, 3.05) is 0 Å². The molecule has 0 radical (unpaired) electrons. The summed E-state index contributed by atoms with van der Waals surface area (Å²) >= 11 is 0. The molecule has 38 heavy (non-hydrogen) atoms. The fraction of sp³-hybridized carbons (Fsp3) is 0.241. The minimum atomic E-state index is -5.09. The summed E-state index contributed by atoms with van der Waals surface area (Å²) in [5.74, 6) is -0.582. The maximum atomic E-state index is 15.0. The van der Waals surface area contributed by atoms with E-state index in [1.165, 1.54) is 24.3 Å². The minimum absolute atomic E-state index is 0.506. The summed E-state index contributed by atoms with van der Waals surface area (Å²) in [6.45, 7) is 6.51. The summed E-state index contributed by atoms with van der Waals surface area (Å²) in [5, 5.41) is -1.07. The van der Waals surface area contributed by atoms with Crippen molar-refractivity contribution in [2.45, 2.75) is 46.2 Å². The van der Waals surface area contributed by atoms with Gasteiger partial charge in [0.1, 0.15) is 5.75 Å². The monoisotopic (exact) mass is 538 g/mol. The van der Waals surface area contributed by atoms with Crippen molar-refractivity contribution in [3.8, 4) is 16.9 Å². The number of rotatable bonds is 4. The molecule has 0 spiro atoms. The van der Waals surface area contributed by atoms with Crippen molar-refractivity contribution in [3.05, 3.63) is 99.6 Å². The second-order valence-electron chi connectivity index (χ2n) is 9.27. The molecule has 1 nitrogen and oxygen atoms in total. The first-order valence-electron chi connectivity index (χ1n) is 11.5. The molecular weight excluding hydrogens is 516 g/mol. The number of aryl methyl sites for hydroxylation is 3. The number of ether oxygens (including phenoxy) is 1. The molecule has 0 atom stereocenters. The minimum Gasteiger partial charge on any atom is -0.429 e. The van der Waals surface area contributed by atoms with E-state index < -0.39 is 57.2 Å². The van der Waals surface area contributed by atoms with Gasteiger partial charge in [0.15, 0.2) is 0 Å². The molecule has 0 heterocycles. The van der Waals surface area contributed by atoms with Gasteiger partial charge in [-0.05, 0) is 96.6 Å². The smallest absolute Gasteiger partial charge is 0.426 e. The van der Waals surface area contributed by atoms with Crippen LogP contribution in [0.1, 0.15) is 38.9 Å². The Hall–Kier alpha value is -3.62. The SMILES string of the molecule is Cc1cc(C)c(-c2ccc(C(F)(F)Oc3ccc4c(C(F)(F)F)c(C)c(C(F)(F)F)cc4c3)cc2)c(C)c1. The highest BCUT2D eigenvalue weighted by atomic mass is 19.4. The van der Waals surface area contributed by atoms with Crippen LogP contribution in [0.5, 0.6) is 5.75 Å². The van der Waals surface area contributed by atoms with Crippen LogP contribution in [-0.2, 0) is 18.5 Å². The van der Waals surface area contributed by atoms with E-state index in [0.29, 0.717) is 11.6 Å². The number of alkyl halides is 8. The molecule has 4 aromatic carbocycles. The van der Waals surface area contributed by atoms with Crippen molar-refractivity contribution in [1.82, 2.24) is 0 Å². The van der Waals surface area contributed by atoms with Crippen LogP contribution in [0.2, 0.25) is 0 Å². The molecule has 4 rings (SSSR count). The van der Waals surface area contributed by atoms with Gasteiger partial charge in [0.2, 0.25) is 0 Å². The Kier molecular flexibility index (Phi) is 6.70. The normalized spacial score (nSPS) is 12.7. The summed E-state index contributed by atoms with van der Waals surface area (Å²) in [4.78, 5) is 0.